The molecule has 2 N–H and O–H groups in total. The van der Waals surface area contributed by atoms with E-state index < -0.39 is 0 Å². The van der Waals surface area contributed by atoms with E-state index in [1.807, 2.05) is 0 Å². The maximum absolute atomic E-state index is 11.8. The van der Waals surface area contributed by atoms with Gasteiger partial charge in [-0.2, -0.15) is 0 Å². The van der Waals surface area contributed by atoms with Crippen molar-refractivity contribution in [2.24, 2.45) is 0 Å². The van der Waals surface area contributed by atoms with Crippen molar-refractivity contribution in [3.05, 3.63) is 10.6 Å². The average Bonchev–Trinajstić information content (AvgIpc) is 2.73. The van der Waals surface area contributed by atoms with Crippen LogP contribution < -0.4 is 5.73 Å². The molecular weight excluding hydrogens is 202 g/mol. The molecule has 0 saturated carbocycles. The quantitative estimate of drug-likeness (QED) is 0.749. The first-order valence-corrected chi connectivity index (χ1v) is 5.18. The summed E-state index contributed by atoms with van der Waals surface area (Å²) in [7, 11) is 0. The number of carbonyl (C=O) groups is 1. The number of nitrogens with two attached hydrogens (primary N) is 1. The summed E-state index contributed by atoms with van der Waals surface area (Å²) in [6, 6.07) is 0. The van der Waals surface area contributed by atoms with E-state index in [4.69, 9.17) is 10.6 Å². The lowest BCUT2D eigenvalue weighted by Gasteiger charge is -2.12. The third-order valence-corrected chi connectivity index (χ3v) is 2.96. The smallest absolute Gasteiger partial charge is 0.289 e. The zero-order chi connectivity index (χ0) is 10.1. The fraction of sp³-hybridized carbons (Fsp3) is 0.500. The summed E-state index contributed by atoms with van der Waals surface area (Å²) in [5.41, 5.74) is 6.19. The second kappa shape index (κ2) is 3.55. The van der Waals surface area contributed by atoms with Gasteiger partial charge in [-0.05, 0) is 13.3 Å². The van der Waals surface area contributed by atoms with E-state index in [1.165, 1.54) is 16.4 Å². The second-order valence-electron chi connectivity index (χ2n) is 3.06. The number of aromatic nitrogens is 1. The van der Waals surface area contributed by atoms with E-state index in [2.05, 4.69) is 4.98 Å². The van der Waals surface area contributed by atoms with E-state index in [9.17, 15) is 4.79 Å². The Labute approximate surface area is 85.4 Å². The Bertz CT molecular complexity index is 357. The van der Waals surface area contributed by atoms with Gasteiger partial charge in [0.25, 0.3) is 5.91 Å². The molecule has 1 aliphatic heterocycles. The molecule has 1 aromatic heterocycles. The van der Waals surface area contributed by atoms with Crippen LogP contribution in [0, 0.1) is 6.92 Å². The van der Waals surface area contributed by atoms with Crippen molar-refractivity contribution in [1.82, 2.24) is 10.0 Å². The van der Waals surface area contributed by atoms with E-state index >= 15 is 0 Å². The van der Waals surface area contributed by atoms with Gasteiger partial charge in [0.15, 0.2) is 5.13 Å². The minimum absolute atomic E-state index is 0.130. The Morgan fingerprint density at radius 1 is 1.71 bits per heavy atom. The van der Waals surface area contributed by atoms with Crippen LogP contribution in [0.25, 0.3) is 0 Å². The maximum atomic E-state index is 11.8. The summed E-state index contributed by atoms with van der Waals surface area (Å²) in [6.07, 6.45) is 0.888. The molecule has 2 heterocycles. The number of hydroxylamine groups is 2. The van der Waals surface area contributed by atoms with Crippen molar-refractivity contribution in [2.45, 2.75) is 13.3 Å². The van der Waals surface area contributed by atoms with Gasteiger partial charge in [0, 0.05) is 0 Å². The minimum Gasteiger partial charge on any atom is -0.375 e. The Hall–Kier alpha value is -1.14. The normalized spacial score (nSPS) is 16.2. The molecule has 6 heteroatoms. The number of nitrogens with zero attached hydrogens (tertiary/aromatic N) is 2. The number of carbonyl (C=O) groups excluding carboxylic acids is 1. The van der Waals surface area contributed by atoms with E-state index in [0.717, 1.165) is 6.42 Å². The van der Waals surface area contributed by atoms with Gasteiger partial charge in [0.1, 0.15) is 4.88 Å². The molecule has 0 aromatic carbocycles. The van der Waals surface area contributed by atoms with Crippen LogP contribution in [0.15, 0.2) is 0 Å². The monoisotopic (exact) mass is 213 g/mol. The molecular formula is C8H11N3O2S. The fourth-order valence-corrected chi connectivity index (χ4v) is 2.11. The fourth-order valence-electron chi connectivity index (χ4n) is 1.34. The molecule has 1 saturated heterocycles. The van der Waals surface area contributed by atoms with E-state index in [1.54, 1.807) is 6.92 Å². The van der Waals surface area contributed by atoms with Gasteiger partial charge < -0.3 is 5.73 Å². The number of aryl methyl sites for hydroxylation is 1. The molecule has 0 radical (unpaired) electrons. The van der Waals surface area contributed by atoms with Gasteiger partial charge in [-0.25, -0.2) is 10.0 Å². The number of anilines is 1. The lowest BCUT2D eigenvalue weighted by Crippen LogP contribution is -2.26. The Morgan fingerprint density at radius 2 is 2.50 bits per heavy atom. The Balaban J connectivity index is 2.21. The van der Waals surface area contributed by atoms with Gasteiger partial charge in [0.05, 0.1) is 18.8 Å². The number of nitrogen functional groups attached to an aromatic ring is 1. The molecule has 0 spiro atoms. The lowest BCUT2D eigenvalue weighted by atomic mass is 10.3. The molecule has 0 aliphatic carbocycles. The first kappa shape index (κ1) is 9.42. The minimum atomic E-state index is -0.130. The molecule has 0 atom stereocenters. The molecule has 1 amide bonds. The zero-order valence-electron chi connectivity index (χ0n) is 7.82. The van der Waals surface area contributed by atoms with Gasteiger partial charge in [-0.3, -0.25) is 9.63 Å². The highest BCUT2D eigenvalue weighted by molar-refractivity contribution is 7.17. The average molecular weight is 213 g/mol. The summed E-state index contributed by atoms with van der Waals surface area (Å²) in [6.45, 7) is 3.03. The Kier molecular flexibility index (Phi) is 2.39. The van der Waals surface area contributed by atoms with Crippen LogP contribution in [0.1, 0.15) is 21.8 Å². The molecule has 14 heavy (non-hydrogen) atoms. The van der Waals surface area contributed by atoms with Crippen LogP contribution in [-0.2, 0) is 4.84 Å². The van der Waals surface area contributed by atoms with Gasteiger partial charge in [-0.1, -0.05) is 11.3 Å². The lowest BCUT2D eigenvalue weighted by molar-refractivity contribution is -0.0765. The van der Waals surface area contributed by atoms with Crippen LogP contribution in [0.5, 0.6) is 0 Å². The highest BCUT2D eigenvalue weighted by Gasteiger charge is 2.24. The van der Waals surface area contributed by atoms with Gasteiger partial charge in [0.2, 0.25) is 0 Å². The molecule has 0 unspecified atom stereocenters. The molecule has 5 nitrogen and oxygen atoms in total. The van der Waals surface area contributed by atoms with E-state index in [0.29, 0.717) is 28.9 Å². The highest BCUT2D eigenvalue weighted by atomic mass is 32.1. The number of thiazole rings is 1. The number of amides is 1. The molecule has 1 aromatic rings. The summed E-state index contributed by atoms with van der Waals surface area (Å²) in [5.74, 6) is -0.130. The number of hydrogen-bond acceptors (Lipinski definition) is 5. The Morgan fingerprint density at radius 3 is 3.00 bits per heavy atom. The third kappa shape index (κ3) is 1.58. The predicted octanol–water partition coefficient (Wildman–Crippen LogP) is 0.811. The first-order valence-electron chi connectivity index (χ1n) is 4.36. The highest BCUT2D eigenvalue weighted by Crippen LogP contribution is 2.22. The van der Waals surface area contributed by atoms with Crippen molar-refractivity contribution in [2.75, 3.05) is 18.9 Å². The zero-order valence-corrected chi connectivity index (χ0v) is 8.63. The van der Waals surface area contributed by atoms with Crippen LogP contribution in [0.2, 0.25) is 0 Å². The second-order valence-corrected chi connectivity index (χ2v) is 4.09. The summed E-state index contributed by atoms with van der Waals surface area (Å²) in [4.78, 5) is 21.5. The first-order chi connectivity index (χ1) is 6.68. The maximum Gasteiger partial charge on any atom is 0.289 e. The summed E-state index contributed by atoms with van der Waals surface area (Å²) >= 11 is 1.20. The van der Waals surface area contributed by atoms with Gasteiger partial charge >= 0.3 is 0 Å². The van der Waals surface area contributed by atoms with Crippen LogP contribution in [0.4, 0.5) is 5.13 Å². The van der Waals surface area contributed by atoms with Gasteiger partial charge in [-0.15, -0.1) is 0 Å². The largest absolute Gasteiger partial charge is 0.375 e. The number of rotatable bonds is 1. The molecule has 1 aliphatic rings. The predicted molar refractivity (Wildman–Crippen MR) is 52.9 cm³/mol. The SMILES string of the molecule is Cc1nc(N)sc1C(=O)N1CCCO1. The standard InChI is InChI=1S/C8H11N3O2S/c1-5-6(14-8(9)10-5)7(12)11-3-2-4-13-11/h2-4H2,1H3,(H2,9,10). The summed E-state index contributed by atoms with van der Waals surface area (Å²) in [5, 5.41) is 1.80. The molecule has 0 bridgehead atoms. The molecule has 76 valence electrons. The molecule has 2 rings (SSSR count). The third-order valence-electron chi connectivity index (χ3n) is 1.99. The van der Waals surface area contributed by atoms with Crippen LogP contribution >= 0.6 is 11.3 Å². The van der Waals surface area contributed by atoms with Crippen molar-refractivity contribution in [3.8, 4) is 0 Å². The van der Waals surface area contributed by atoms with Crippen molar-refractivity contribution in [1.29, 1.82) is 0 Å². The van der Waals surface area contributed by atoms with Crippen molar-refractivity contribution in [3.63, 3.8) is 0 Å². The molecule has 1 fully saturated rings. The van der Waals surface area contributed by atoms with E-state index in [-0.39, 0.29) is 5.91 Å². The summed E-state index contributed by atoms with van der Waals surface area (Å²) < 4.78 is 0. The topological polar surface area (TPSA) is 68.5 Å². The van der Waals surface area contributed by atoms with Crippen molar-refractivity contribution < 1.29 is 9.63 Å². The number of hydrogen-bond donors (Lipinski definition) is 1. The van der Waals surface area contributed by atoms with Crippen LogP contribution in [-0.4, -0.2) is 29.1 Å². The van der Waals surface area contributed by atoms with Crippen molar-refractivity contribution >= 4 is 22.4 Å². The van der Waals surface area contributed by atoms with Crippen LogP contribution in [0.3, 0.4) is 0 Å².